The van der Waals surface area contributed by atoms with Crippen molar-refractivity contribution in [3.05, 3.63) is 71.3 Å². The highest BCUT2D eigenvalue weighted by atomic mass is 16.6. The number of benzene rings is 2. The average Bonchev–Trinajstić information content (AvgIpc) is 2.95. The highest BCUT2D eigenvalue weighted by Gasteiger charge is 2.60. The molecule has 1 saturated heterocycles. The molecule has 1 fully saturated rings. The molecule has 1 aliphatic heterocycles. The summed E-state index contributed by atoms with van der Waals surface area (Å²) < 4.78 is 5.70. The number of esters is 1. The minimum absolute atomic E-state index is 0.00954. The third kappa shape index (κ3) is 1.24. The van der Waals surface area contributed by atoms with Crippen LogP contribution in [0.5, 0.6) is 0 Å². The quantitative estimate of drug-likeness (QED) is 0.744. The smallest absolute Gasteiger partial charge is 0.307 e. The normalized spacial score (nSPS) is 27.1. The molecule has 2 aliphatic rings. The van der Waals surface area contributed by atoms with E-state index in [0.29, 0.717) is 5.56 Å². The van der Waals surface area contributed by atoms with Crippen LogP contribution in [-0.2, 0) is 15.1 Å². The van der Waals surface area contributed by atoms with Gasteiger partial charge in [-0.2, -0.15) is 0 Å². The van der Waals surface area contributed by atoms with E-state index >= 15 is 0 Å². The van der Waals surface area contributed by atoms with Crippen LogP contribution in [0.25, 0.3) is 0 Å². The predicted molar refractivity (Wildman–Crippen MR) is 72.2 cm³/mol. The molecular formula is C17H12O3. The maximum absolute atomic E-state index is 12.6. The lowest BCUT2D eigenvalue weighted by Crippen LogP contribution is -2.31. The fourth-order valence-corrected chi connectivity index (χ4v) is 3.43. The number of Topliss-reactive ketones (excluding diaryl/α,β-unsaturated/α-hetero) is 1. The number of ether oxygens (including phenoxy) is 1. The van der Waals surface area contributed by atoms with Gasteiger partial charge < -0.3 is 4.74 Å². The highest BCUT2D eigenvalue weighted by Crippen LogP contribution is 2.53. The molecule has 0 spiro atoms. The summed E-state index contributed by atoms with van der Waals surface area (Å²) in [5.41, 5.74) is 1.43. The van der Waals surface area contributed by atoms with Crippen molar-refractivity contribution < 1.29 is 14.3 Å². The largest absolute Gasteiger partial charge is 0.448 e. The van der Waals surface area contributed by atoms with Gasteiger partial charge in [0, 0.05) is 16.7 Å². The summed E-state index contributed by atoms with van der Waals surface area (Å²) >= 11 is 0. The molecule has 0 bridgehead atoms. The van der Waals surface area contributed by atoms with Gasteiger partial charge in [-0.1, -0.05) is 54.6 Å². The maximum Gasteiger partial charge on any atom is 0.307 e. The Balaban J connectivity index is 2.04. The number of hydrogen-bond acceptors (Lipinski definition) is 3. The lowest BCUT2D eigenvalue weighted by molar-refractivity contribution is -0.146. The molecule has 0 aromatic heterocycles. The van der Waals surface area contributed by atoms with Gasteiger partial charge in [-0.3, -0.25) is 9.59 Å². The zero-order valence-electron chi connectivity index (χ0n) is 10.7. The fourth-order valence-electron chi connectivity index (χ4n) is 3.43. The first-order valence-electron chi connectivity index (χ1n) is 6.64. The van der Waals surface area contributed by atoms with E-state index < -0.39 is 11.5 Å². The average molecular weight is 264 g/mol. The van der Waals surface area contributed by atoms with Crippen LogP contribution in [0.15, 0.2) is 54.6 Å². The number of fused-ring (bicyclic) bond motifs is 3. The van der Waals surface area contributed by atoms with E-state index in [0.717, 1.165) is 11.1 Å². The summed E-state index contributed by atoms with van der Waals surface area (Å²) in [7, 11) is 0. The lowest BCUT2D eigenvalue weighted by atomic mass is 9.81. The Morgan fingerprint density at radius 2 is 1.65 bits per heavy atom. The van der Waals surface area contributed by atoms with E-state index in [4.69, 9.17) is 4.74 Å². The third-order valence-electron chi connectivity index (χ3n) is 4.25. The zero-order chi connectivity index (χ0) is 13.7. The van der Waals surface area contributed by atoms with Crippen LogP contribution in [0.3, 0.4) is 0 Å². The van der Waals surface area contributed by atoms with Crippen molar-refractivity contribution in [2.75, 3.05) is 0 Å². The van der Waals surface area contributed by atoms with Gasteiger partial charge in [0.25, 0.3) is 0 Å². The minimum Gasteiger partial charge on any atom is -0.448 e. The van der Waals surface area contributed by atoms with Crippen LogP contribution in [0.4, 0.5) is 0 Å². The molecule has 0 radical (unpaired) electrons. The Morgan fingerprint density at radius 3 is 2.45 bits per heavy atom. The number of hydrogen-bond donors (Lipinski definition) is 0. The van der Waals surface area contributed by atoms with E-state index in [9.17, 15) is 9.59 Å². The second-order valence-electron chi connectivity index (χ2n) is 5.24. The van der Waals surface area contributed by atoms with Crippen LogP contribution in [0, 0.1) is 5.92 Å². The molecule has 1 heterocycles. The van der Waals surface area contributed by atoms with E-state index in [-0.39, 0.29) is 18.2 Å². The first kappa shape index (κ1) is 11.4. The molecule has 3 heteroatoms. The van der Waals surface area contributed by atoms with Crippen molar-refractivity contribution in [2.45, 2.75) is 12.0 Å². The van der Waals surface area contributed by atoms with E-state index in [1.807, 2.05) is 54.6 Å². The molecule has 0 N–H and O–H groups in total. The Morgan fingerprint density at radius 1 is 0.950 bits per heavy atom. The van der Waals surface area contributed by atoms with Crippen molar-refractivity contribution >= 4 is 11.8 Å². The van der Waals surface area contributed by atoms with Crippen molar-refractivity contribution in [1.29, 1.82) is 0 Å². The predicted octanol–water partition coefficient (Wildman–Crippen LogP) is 2.69. The molecular weight excluding hydrogens is 252 g/mol. The SMILES string of the molecule is O=C1CC2C(=O)c3ccccc3C2(c2ccccc2)O1. The molecule has 2 atom stereocenters. The molecule has 0 amide bonds. The van der Waals surface area contributed by atoms with Crippen LogP contribution in [0.1, 0.15) is 27.9 Å². The van der Waals surface area contributed by atoms with Crippen molar-refractivity contribution in [3.8, 4) is 0 Å². The van der Waals surface area contributed by atoms with Crippen LogP contribution < -0.4 is 0 Å². The van der Waals surface area contributed by atoms with Gasteiger partial charge in [0.15, 0.2) is 11.4 Å². The molecule has 98 valence electrons. The Kier molecular flexibility index (Phi) is 2.16. The van der Waals surface area contributed by atoms with E-state index in [2.05, 4.69) is 0 Å². The van der Waals surface area contributed by atoms with Gasteiger partial charge in [0.05, 0.1) is 12.3 Å². The second-order valence-corrected chi connectivity index (χ2v) is 5.24. The van der Waals surface area contributed by atoms with Gasteiger partial charge >= 0.3 is 5.97 Å². The molecule has 4 rings (SSSR count). The van der Waals surface area contributed by atoms with Crippen molar-refractivity contribution in [2.24, 2.45) is 5.92 Å². The maximum atomic E-state index is 12.6. The van der Waals surface area contributed by atoms with E-state index in [1.165, 1.54) is 0 Å². The van der Waals surface area contributed by atoms with Gasteiger partial charge in [0.1, 0.15) is 0 Å². The Labute approximate surface area is 116 Å². The summed E-state index contributed by atoms with van der Waals surface area (Å²) in [6.07, 6.45) is 0.155. The van der Waals surface area contributed by atoms with Crippen molar-refractivity contribution in [3.63, 3.8) is 0 Å². The Hall–Kier alpha value is -2.42. The summed E-state index contributed by atoms with van der Waals surface area (Å²) in [6.45, 7) is 0. The zero-order valence-corrected chi connectivity index (χ0v) is 10.7. The molecule has 2 aromatic rings. The highest BCUT2D eigenvalue weighted by molar-refractivity contribution is 6.07. The topological polar surface area (TPSA) is 43.4 Å². The first-order chi connectivity index (χ1) is 9.73. The molecule has 1 aliphatic carbocycles. The fraction of sp³-hybridized carbons (Fsp3) is 0.176. The second kappa shape index (κ2) is 3.79. The van der Waals surface area contributed by atoms with E-state index in [1.54, 1.807) is 0 Å². The third-order valence-corrected chi connectivity index (χ3v) is 4.25. The van der Waals surface area contributed by atoms with Gasteiger partial charge in [0.2, 0.25) is 0 Å². The molecule has 0 saturated carbocycles. The van der Waals surface area contributed by atoms with Crippen LogP contribution in [-0.4, -0.2) is 11.8 Å². The number of carbonyl (C=O) groups is 2. The first-order valence-corrected chi connectivity index (χ1v) is 6.64. The summed E-state index contributed by atoms with van der Waals surface area (Å²) in [5, 5.41) is 0. The Bertz CT molecular complexity index is 720. The summed E-state index contributed by atoms with van der Waals surface area (Å²) in [4.78, 5) is 24.4. The van der Waals surface area contributed by atoms with Crippen LogP contribution in [0.2, 0.25) is 0 Å². The van der Waals surface area contributed by atoms with Gasteiger partial charge in [-0.15, -0.1) is 0 Å². The molecule has 2 unspecified atom stereocenters. The van der Waals surface area contributed by atoms with Gasteiger partial charge in [-0.05, 0) is 0 Å². The summed E-state index contributed by atoms with van der Waals surface area (Å²) in [6, 6.07) is 17.0. The monoisotopic (exact) mass is 264 g/mol. The molecule has 3 nitrogen and oxygen atoms in total. The van der Waals surface area contributed by atoms with Crippen molar-refractivity contribution in [1.82, 2.24) is 0 Å². The number of carbonyl (C=O) groups excluding carboxylic acids is 2. The molecule has 2 aromatic carbocycles. The number of ketones is 1. The molecule has 20 heavy (non-hydrogen) atoms. The summed E-state index contributed by atoms with van der Waals surface area (Å²) in [5.74, 6) is -0.730. The lowest BCUT2D eigenvalue weighted by Gasteiger charge is -2.28. The minimum atomic E-state index is -0.925. The van der Waals surface area contributed by atoms with Gasteiger partial charge in [-0.25, -0.2) is 0 Å². The van der Waals surface area contributed by atoms with Crippen LogP contribution >= 0.6 is 0 Å². The standard InChI is InChI=1S/C17H12O3/c18-15-10-14-16(19)12-8-4-5-9-13(12)17(14,20-15)11-6-2-1-3-7-11/h1-9,14H,10H2. The number of rotatable bonds is 1.